The highest BCUT2D eigenvalue weighted by atomic mass is 19.4. The highest BCUT2D eigenvalue weighted by molar-refractivity contribution is 5.87. The lowest BCUT2D eigenvalue weighted by atomic mass is 10.1. The maximum atomic E-state index is 13.8. The Morgan fingerprint density at radius 3 is 2.64 bits per heavy atom. The predicted molar refractivity (Wildman–Crippen MR) is 84.3 cm³/mol. The Kier molecular flexibility index (Phi) is 5.36. The molecule has 0 bridgehead atoms. The number of aromatic nitrogens is 1. The standard InChI is InChI=1S/C17H12F4N2O5/c1-25-16(24)12-4-3-10(8-22-12)26-15-7-14(28-23-15)9-2-5-13(11(18)6-9)27-17(19,20)21/h2-8,14,23H,1H3. The van der Waals surface area contributed by atoms with E-state index in [-0.39, 0.29) is 22.9 Å². The summed E-state index contributed by atoms with van der Waals surface area (Å²) in [6, 6.07) is 5.80. The first kappa shape index (κ1) is 19.4. The normalized spacial score (nSPS) is 16.2. The number of ether oxygens (including phenoxy) is 3. The fraction of sp³-hybridized carbons (Fsp3) is 0.176. The summed E-state index contributed by atoms with van der Waals surface area (Å²) in [4.78, 5) is 20.4. The molecule has 0 spiro atoms. The van der Waals surface area contributed by atoms with E-state index in [1.807, 2.05) is 0 Å². The van der Waals surface area contributed by atoms with Gasteiger partial charge in [0.2, 0.25) is 5.88 Å². The monoisotopic (exact) mass is 400 g/mol. The van der Waals surface area contributed by atoms with Crippen LogP contribution < -0.4 is 15.0 Å². The summed E-state index contributed by atoms with van der Waals surface area (Å²) in [5.41, 5.74) is 2.79. The van der Waals surface area contributed by atoms with E-state index in [1.54, 1.807) is 0 Å². The number of rotatable bonds is 5. The molecule has 28 heavy (non-hydrogen) atoms. The van der Waals surface area contributed by atoms with Crippen LogP contribution in [0, 0.1) is 5.82 Å². The van der Waals surface area contributed by atoms with Crippen molar-refractivity contribution in [3.8, 4) is 11.5 Å². The first-order valence-corrected chi connectivity index (χ1v) is 7.66. The van der Waals surface area contributed by atoms with Crippen molar-refractivity contribution in [1.29, 1.82) is 0 Å². The summed E-state index contributed by atoms with van der Waals surface area (Å²) in [5, 5.41) is 0. The summed E-state index contributed by atoms with van der Waals surface area (Å²) in [5.74, 6) is -2.32. The Balaban J connectivity index is 1.68. The number of nitrogens with one attached hydrogen (secondary N) is 1. The number of methoxy groups -OCH3 is 1. The van der Waals surface area contributed by atoms with E-state index in [9.17, 15) is 22.4 Å². The van der Waals surface area contributed by atoms with E-state index in [2.05, 4.69) is 19.9 Å². The molecule has 2 aromatic rings. The Labute approximate surface area is 155 Å². The molecule has 2 heterocycles. The maximum Gasteiger partial charge on any atom is 0.573 e. The molecule has 0 radical (unpaired) electrons. The number of esters is 1. The Bertz CT molecular complexity index is 899. The molecule has 1 aromatic heterocycles. The molecule has 0 aliphatic carbocycles. The van der Waals surface area contributed by atoms with Gasteiger partial charge in [-0.2, -0.15) is 0 Å². The number of benzene rings is 1. The van der Waals surface area contributed by atoms with Gasteiger partial charge in [-0.25, -0.2) is 19.6 Å². The van der Waals surface area contributed by atoms with Crippen LogP contribution in [0.1, 0.15) is 22.2 Å². The third-order valence-corrected chi connectivity index (χ3v) is 3.46. The van der Waals surface area contributed by atoms with Gasteiger partial charge in [0.15, 0.2) is 11.6 Å². The number of carbonyl (C=O) groups is 1. The molecule has 1 aromatic carbocycles. The molecular weight excluding hydrogens is 388 g/mol. The molecule has 0 saturated heterocycles. The first-order chi connectivity index (χ1) is 13.2. The fourth-order valence-corrected chi connectivity index (χ4v) is 2.24. The molecule has 0 amide bonds. The van der Waals surface area contributed by atoms with Gasteiger partial charge in [-0.05, 0) is 29.8 Å². The minimum Gasteiger partial charge on any atom is -0.464 e. The van der Waals surface area contributed by atoms with Crippen LogP contribution >= 0.6 is 0 Å². The van der Waals surface area contributed by atoms with Crippen LogP contribution in [0.15, 0.2) is 48.5 Å². The zero-order chi connectivity index (χ0) is 20.3. The summed E-state index contributed by atoms with van der Waals surface area (Å²) in [6.45, 7) is 0. The average Bonchev–Trinajstić information content (AvgIpc) is 3.11. The van der Waals surface area contributed by atoms with Crippen molar-refractivity contribution in [1.82, 2.24) is 10.5 Å². The lowest BCUT2D eigenvalue weighted by Gasteiger charge is -2.12. The molecule has 1 atom stereocenters. The van der Waals surface area contributed by atoms with Gasteiger partial charge in [-0.1, -0.05) is 6.07 Å². The summed E-state index contributed by atoms with van der Waals surface area (Å²) < 4.78 is 63.9. The molecule has 1 unspecified atom stereocenters. The van der Waals surface area contributed by atoms with Crippen molar-refractivity contribution in [3.05, 3.63) is 65.6 Å². The molecule has 0 fully saturated rings. The number of hydrogen-bond donors (Lipinski definition) is 1. The molecular formula is C17H12F4N2O5. The zero-order valence-electron chi connectivity index (χ0n) is 14.1. The van der Waals surface area contributed by atoms with Crippen LogP contribution in [-0.2, 0) is 9.57 Å². The van der Waals surface area contributed by atoms with E-state index >= 15 is 0 Å². The molecule has 1 aliphatic heterocycles. The Morgan fingerprint density at radius 1 is 1.25 bits per heavy atom. The van der Waals surface area contributed by atoms with Gasteiger partial charge in [-0.3, -0.25) is 4.84 Å². The first-order valence-electron chi connectivity index (χ1n) is 7.66. The van der Waals surface area contributed by atoms with Gasteiger partial charge in [-0.15, -0.1) is 13.2 Å². The molecule has 7 nitrogen and oxygen atoms in total. The zero-order valence-corrected chi connectivity index (χ0v) is 14.1. The van der Waals surface area contributed by atoms with E-state index < -0.39 is 30.0 Å². The van der Waals surface area contributed by atoms with Crippen molar-refractivity contribution in [2.75, 3.05) is 7.11 Å². The van der Waals surface area contributed by atoms with Crippen molar-refractivity contribution in [2.45, 2.75) is 12.5 Å². The van der Waals surface area contributed by atoms with E-state index in [0.717, 1.165) is 12.1 Å². The topological polar surface area (TPSA) is 78.9 Å². The van der Waals surface area contributed by atoms with Gasteiger partial charge in [0.25, 0.3) is 0 Å². The van der Waals surface area contributed by atoms with Gasteiger partial charge in [0.05, 0.1) is 13.3 Å². The van der Waals surface area contributed by atoms with Gasteiger partial charge in [0.1, 0.15) is 17.5 Å². The fourth-order valence-electron chi connectivity index (χ4n) is 2.24. The number of halogens is 4. The number of nitrogens with zero attached hydrogens (tertiary/aromatic N) is 1. The van der Waals surface area contributed by atoms with Crippen molar-refractivity contribution >= 4 is 5.97 Å². The smallest absolute Gasteiger partial charge is 0.464 e. The largest absolute Gasteiger partial charge is 0.573 e. The van der Waals surface area contributed by atoms with Gasteiger partial charge in [0, 0.05) is 6.08 Å². The number of hydroxylamine groups is 1. The van der Waals surface area contributed by atoms with Crippen LogP contribution in [-0.4, -0.2) is 24.4 Å². The lowest BCUT2D eigenvalue weighted by molar-refractivity contribution is -0.275. The highest BCUT2D eigenvalue weighted by Gasteiger charge is 2.32. The minimum atomic E-state index is -4.99. The van der Waals surface area contributed by atoms with Crippen molar-refractivity contribution in [2.24, 2.45) is 0 Å². The van der Waals surface area contributed by atoms with Gasteiger partial charge >= 0.3 is 12.3 Å². The quantitative estimate of drug-likeness (QED) is 0.609. The Hall–Kier alpha value is -3.34. The van der Waals surface area contributed by atoms with Crippen molar-refractivity contribution < 1.29 is 41.4 Å². The number of alkyl halides is 3. The molecule has 148 valence electrons. The second-order valence-corrected chi connectivity index (χ2v) is 5.38. The Morgan fingerprint density at radius 2 is 2.04 bits per heavy atom. The van der Waals surface area contributed by atoms with Gasteiger partial charge < -0.3 is 14.2 Å². The maximum absolute atomic E-state index is 13.8. The van der Waals surface area contributed by atoms with E-state index in [1.165, 1.54) is 37.6 Å². The summed E-state index contributed by atoms with van der Waals surface area (Å²) in [6.07, 6.45) is -3.09. The third-order valence-electron chi connectivity index (χ3n) is 3.46. The van der Waals surface area contributed by atoms with Crippen molar-refractivity contribution in [3.63, 3.8) is 0 Å². The van der Waals surface area contributed by atoms with Crippen LogP contribution in [0.3, 0.4) is 0 Å². The second-order valence-electron chi connectivity index (χ2n) is 5.38. The molecule has 3 rings (SSSR count). The minimum absolute atomic E-state index is 0.0916. The van der Waals surface area contributed by atoms with Crippen LogP contribution in [0.4, 0.5) is 17.6 Å². The molecule has 0 saturated carbocycles. The molecule has 1 aliphatic rings. The highest BCUT2D eigenvalue weighted by Crippen LogP contribution is 2.31. The molecule has 1 N–H and O–H groups in total. The third kappa shape index (κ3) is 4.68. The van der Waals surface area contributed by atoms with E-state index in [0.29, 0.717) is 0 Å². The summed E-state index contributed by atoms with van der Waals surface area (Å²) >= 11 is 0. The average molecular weight is 400 g/mol. The summed E-state index contributed by atoms with van der Waals surface area (Å²) in [7, 11) is 1.23. The van der Waals surface area contributed by atoms with Crippen LogP contribution in [0.5, 0.6) is 11.5 Å². The predicted octanol–water partition coefficient (Wildman–Crippen LogP) is 3.40. The number of hydrogen-bond acceptors (Lipinski definition) is 7. The lowest BCUT2D eigenvalue weighted by Crippen LogP contribution is -2.18. The van der Waals surface area contributed by atoms with Crippen LogP contribution in [0.2, 0.25) is 0 Å². The van der Waals surface area contributed by atoms with E-state index in [4.69, 9.17) is 9.57 Å². The molecule has 11 heteroatoms. The SMILES string of the molecule is COC(=O)c1ccc(OC2=CC(c3ccc(OC(F)(F)F)c(F)c3)ON2)cn1. The van der Waals surface area contributed by atoms with Crippen LogP contribution in [0.25, 0.3) is 0 Å². The number of pyridine rings is 1. The second kappa shape index (κ2) is 7.72. The number of carbonyl (C=O) groups excluding carboxylic acids is 1.